The first-order valence-electron chi connectivity index (χ1n) is 10.8. The van der Waals surface area contributed by atoms with Crippen LogP contribution in [-0.4, -0.2) is 27.3 Å². The molecule has 0 bridgehead atoms. The van der Waals surface area contributed by atoms with Crippen molar-refractivity contribution in [1.29, 1.82) is 5.41 Å². The summed E-state index contributed by atoms with van der Waals surface area (Å²) >= 11 is 6.55. The number of nitrogens with one attached hydrogen (secondary N) is 2. The molecular formula is C25H27ClN4O. The number of aryl methyl sites for hydroxylation is 1. The largest absolute Gasteiger partial charge is 0.354 e. The fourth-order valence-corrected chi connectivity index (χ4v) is 5.51. The van der Waals surface area contributed by atoms with Crippen molar-refractivity contribution in [2.24, 2.45) is 5.41 Å². The number of H-pyrrole nitrogens is 1. The lowest BCUT2D eigenvalue weighted by Gasteiger charge is -2.51. The number of hydrogen-bond acceptors (Lipinski definition) is 2. The zero-order valence-electron chi connectivity index (χ0n) is 18.0. The summed E-state index contributed by atoms with van der Waals surface area (Å²) in [6.07, 6.45) is 8.66. The van der Waals surface area contributed by atoms with Gasteiger partial charge in [0.1, 0.15) is 11.4 Å². The van der Waals surface area contributed by atoms with Gasteiger partial charge in [0.2, 0.25) is 0 Å². The van der Waals surface area contributed by atoms with Gasteiger partial charge in [0.25, 0.3) is 5.56 Å². The molecule has 2 N–H and O–H groups in total. The Balaban J connectivity index is 1.62. The van der Waals surface area contributed by atoms with Crippen LogP contribution in [0.25, 0.3) is 16.6 Å². The summed E-state index contributed by atoms with van der Waals surface area (Å²) in [6, 6.07) is 9.98. The van der Waals surface area contributed by atoms with Gasteiger partial charge in [-0.25, -0.2) is 0 Å². The third-order valence-corrected chi connectivity index (χ3v) is 7.56. The van der Waals surface area contributed by atoms with Gasteiger partial charge < -0.3 is 9.88 Å². The molecule has 0 aliphatic heterocycles. The average molecular weight is 435 g/mol. The number of rotatable bonds is 5. The van der Waals surface area contributed by atoms with Crippen molar-refractivity contribution >= 4 is 28.3 Å². The summed E-state index contributed by atoms with van der Waals surface area (Å²) in [4.78, 5) is 18.3. The number of pyridine rings is 1. The van der Waals surface area contributed by atoms with E-state index >= 15 is 0 Å². The molecule has 6 heteroatoms. The Morgan fingerprint density at radius 2 is 2.10 bits per heavy atom. The molecule has 5 nitrogen and oxygen atoms in total. The standard InChI is InChI=1S/C25H27ClN4O/c1-4-17-12-19-20(26)13-30(22(31)21(19)28-17)18-8-6-7-16(11-18)25(23(27)29(3)5-2)14-24(15-25)9-10-24/h5-8,11-13,27-28H,2,4,9-10,14-15H2,1,3H3. The van der Waals surface area contributed by atoms with Crippen LogP contribution in [-0.2, 0) is 11.8 Å². The molecule has 2 aromatic heterocycles. The zero-order valence-corrected chi connectivity index (χ0v) is 18.7. The van der Waals surface area contributed by atoms with E-state index in [1.54, 1.807) is 17.0 Å². The van der Waals surface area contributed by atoms with Crippen molar-refractivity contribution in [2.45, 2.75) is 44.4 Å². The zero-order chi connectivity index (χ0) is 22.0. The second-order valence-electron chi connectivity index (χ2n) is 9.22. The molecule has 2 fully saturated rings. The van der Waals surface area contributed by atoms with E-state index in [-0.39, 0.29) is 11.0 Å². The fraction of sp³-hybridized carbons (Fsp3) is 0.360. The van der Waals surface area contributed by atoms with Gasteiger partial charge in [-0.1, -0.05) is 37.2 Å². The molecule has 0 atom stereocenters. The van der Waals surface area contributed by atoms with Crippen molar-refractivity contribution in [3.05, 3.63) is 75.9 Å². The lowest BCUT2D eigenvalue weighted by molar-refractivity contribution is 0.172. The van der Waals surface area contributed by atoms with Crippen LogP contribution in [0.2, 0.25) is 5.02 Å². The Bertz CT molecular complexity index is 1270. The van der Waals surface area contributed by atoms with E-state index in [9.17, 15) is 4.79 Å². The fourth-order valence-electron chi connectivity index (χ4n) is 5.26. The van der Waals surface area contributed by atoms with Crippen LogP contribution in [0.5, 0.6) is 0 Å². The highest BCUT2D eigenvalue weighted by molar-refractivity contribution is 6.35. The third kappa shape index (κ3) is 2.98. The minimum atomic E-state index is -0.339. The minimum absolute atomic E-state index is 0.115. The molecule has 3 aromatic rings. The Kier molecular flexibility index (Phi) is 4.45. The van der Waals surface area contributed by atoms with Crippen LogP contribution in [0.1, 0.15) is 43.9 Å². The van der Waals surface area contributed by atoms with Crippen LogP contribution in [0.4, 0.5) is 0 Å². The van der Waals surface area contributed by atoms with Gasteiger partial charge in [0, 0.05) is 30.0 Å². The van der Waals surface area contributed by atoms with Gasteiger partial charge in [0.15, 0.2) is 0 Å². The molecule has 0 amide bonds. The maximum Gasteiger partial charge on any atom is 0.279 e. The Morgan fingerprint density at radius 3 is 2.74 bits per heavy atom. The van der Waals surface area contributed by atoms with E-state index in [0.29, 0.717) is 21.8 Å². The monoisotopic (exact) mass is 434 g/mol. The Morgan fingerprint density at radius 1 is 1.35 bits per heavy atom. The van der Waals surface area contributed by atoms with Crippen molar-refractivity contribution in [1.82, 2.24) is 14.5 Å². The summed E-state index contributed by atoms with van der Waals surface area (Å²) in [5.74, 6) is 0.565. The Labute approximate surface area is 186 Å². The first-order valence-corrected chi connectivity index (χ1v) is 11.2. The summed E-state index contributed by atoms with van der Waals surface area (Å²) < 4.78 is 1.62. The molecule has 2 aliphatic rings. The molecule has 2 saturated carbocycles. The molecule has 0 saturated heterocycles. The molecular weight excluding hydrogens is 408 g/mol. The number of aromatic nitrogens is 2. The van der Waals surface area contributed by atoms with Crippen molar-refractivity contribution in [2.75, 3.05) is 7.05 Å². The van der Waals surface area contributed by atoms with Gasteiger partial charge in [-0.05, 0) is 67.5 Å². The number of fused-ring (bicyclic) bond motifs is 1. The molecule has 0 radical (unpaired) electrons. The predicted molar refractivity (Wildman–Crippen MR) is 127 cm³/mol. The molecule has 0 unspecified atom stereocenters. The van der Waals surface area contributed by atoms with E-state index in [1.807, 2.05) is 43.1 Å². The van der Waals surface area contributed by atoms with Gasteiger partial charge in [-0.2, -0.15) is 0 Å². The maximum absolute atomic E-state index is 13.3. The molecule has 2 heterocycles. The molecule has 2 aliphatic carbocycles. The predicted octanol–water partition coefficient (Wildman–Crippen LogP) is 5.40. The van der Waals surface area contributed by atoms with Crippen LogP contribution in [0.15, 0.2) is 54.1 Å². The third-order valence-electron chi connectivity index (χ3n) is 7.25. The highest BCUT2D eigenvalue weighted by Crippen LogP contribution is 2.69. The van der Waals surface area contributed by atoms with E-state index in [1.165, 1.54) is 12.8 Å². The Hall–Kier alpha value is -2.79. The van der Waals surface area contributed by atoms with Crippen molar-refractivity contribution in [3.8, 4) is 5.69 Å². The highest BCUT2D eigenvalue weighted by Gasteiger charge is 2.63. The van der Waals surface area contributed by atoms with Gasteiger partial charge in [-0.3, -0.25) is 14.8 Å². The first-order chi connectivity index (χ1) is 14.8. The SMILES string of the molecule is C=CN(C)C(=N)C1(c2cccc(-n3cc(Cl)c4cc(CC)[nH]c4c3=O)c2)CC2(CC2)C1. The van der Waals surface area contributed by atoms with Crippen LogP contribution in [0.3, 0.4) is 0 Å². The van der Waals surface area contributed by atoms with Crippen LogP contribution >= 0.6 is 11.6 Å². The minimum Gasteiger partial charge on any atom is -0.354 e. The number of aromatic amines is 1. The molecule has 1 spiro atoms. The number of hydrogen-bond donors (Lipinski definition) is 2. The van der Waals surface area contributed by atoms with Gasteiger partial charge in [0.05, 0.1) is 10.4 Å². The number of nitrogens with zero attached hydrogens (tertiary/aromatic N) is 2. The van der Waals surface area contributed by atoms with E-state index in [2.05, 4.69) is 17.6 Å². The van der Waals surface area contributed by atoms with Crippen LogP contribution in [0, 0.1) is 10.8 Å². The summed E-state index contributed by atoms with van der Waals surface area (Å²) in [7, 11) is 1.88. The maximum atomic E-state index is 13.3. The molecule has 160 valence electrons. The van der Waals surface area contributed by atoms with Crippen LogP contribution < -0.4 is 5.56 Å². The van der Waals surface area contributed by atoms with E-state index in [0.717, 1.165) is 41.6 Å². The average Bonchev–Trinajstić information content (AvgIpc) is 3.43. The lowest BCUT2D eigenvalue weighted by atomic mass is 9.55. The number of amidine groups is 1. The molecule has 5 rings (SSSR count). The van der Waals surface area contributed by atoms with Crippen molar-refractivity contribution in [3.63, 3.8) is 0 Å². The first kappa shape index (κ1) is 20.1. The lowest BCUT2D eigenvalue weighted by Crippen LogP contribution is -2.53. The second-order valence-corrected chi connectivity index (χ2v) is 9.62. The molecule has 1 aromatic carbocycles. The summed E-state index contributed by atoms with van der Waals surface area (Å²) in [6.45, 7) is 5.89. The number of benzene rings is 1. The van der Waals surface area contributed by atoms with Crippen molar-refractivity contribution < 1.29 is 0 Å². The smallest absolute Gasteiger partial charge is 0.279 e. The van der Waals surface area contributed by atoms with E-state index < -0.39 is 0 Å². The molecule has 31 heavy (non-hydrogen) atoms. The summed E-state index contributed by atoms with van der Waals surface area (Å²) in [5.41, 5.74) is 3.32. The van der Waals surface area contributed by atoms with Gasteiger partial charge >= 0.3 is 0 Å². The number of likely N-dealkylation sites (N-methyl/N-ethyl adjacent to an activating group) is 1. The van der Waals surface area contributed by atoms with Gasteiger partial charge in [-0.15, -0.1) is 0 Å². The normalized spacial score (nSPS) is 18.0. The highest BCUT2D eigenvalue weighted by atomic mass is 35.5. The summed E-state index contributed by atoms with van der Waals surface area (Å²) in [5, 5.41) is 10.2. The topological polar surface area (TPSA) is 64.9 Å². The quantitative estimate of drug-likeness (QED) is 0.417. The van der Waals surface area contributed by atoms with E-state index in [4.69, 9.17) is 17.0 Å². The second kappa shape index (κ2) is 6.86. The number of halogens is 1.